The summed E-state index contributed by atoms with van der Waals surface area (Å²) < 4.78 is 20.3. The first kappa shape index (κ1) is 12.8. The summed E-state index contributed by atoms with van der Waals surface area (Å²) >= 11 is 0. The van der Waals surface area contributed by atoms with Crippen LogP contribution in [-0.2, 0) is 22.8 Å². The molecule has 1 fully saturated rings. The van der Waals surface area contributed by atoms with E-state index in [1.165, 1.54) is 21.3 Å². The van der Waals surface area contributed by atoms with E-state index in [9.17, 15) is 4.79 Å². The molecule has 0 aromatic carbocycles. The maximum absolute atomic E-state index is 11.8. The van der Waals surface area contributed by atoms with Gasteiger partial charge < -0.3 is 18.0 Å². The lowest BCUT2D eigenvalue weighted by Gasteiger charge is -2.22. The molecule has 0 radical (unpaired) electrons. The molecule has 88 valence electrons. The number of carbonyl (C=O) groups excluding carboxylic acids is 1. The predicted molar refractivity (Wildman–Crippen MR) is 55.4 cm³/mol. The molecule has 1 aliphatic heterocycles. The topological polar surface area (TPSA) is 57.3 Å². The molecule has 15 heavy (non-hydrogen) atoms. The zero-order valence-corrected chi connectivity index (χ0v) is 10.4. The van der Waals surface area contributed by atoms with Crippen LogP contribution in [0, 0.1) is 0 Å². The number of epoxide rings is 1. The Morgan fingerprint density at radius 1 is 1.33 bits per heavy atom. The summed E-state index contributed by atoms with van der Waals surface area (Å²) in [7, 11) is 1.28. The van der Waals surface area contributed by atoms with Crippen LogP contribution in [0.1, 0.15) is 19.3 Å². The smallest absolute Gasteiger partial charge is 0.373 e. The Kier molecular flexibility index (Phi) is 4.87. The number of rotatable bonds is 8. The monoisotopic (exact) mass is 234 g/mol. The molecule has 1 saturated heterocycles. The van der Waals surface area contributed by atoms with E-state index in [1.807, 2.05) is 0 Å². The van der Waals surface area contributed by atoms with Gasteiger partial charge in [-0.3, -0.25) is 4.79 Å². The third-order valence-corrected chi connectivity index (χ3v) is 5.03. The minimum absolute atomic E-state index is 0.0596. The fourth-order valence-electron chi connectivity index (χ4n) is 1.47. The van der Waals surface area contributed by atoms with Crippen molar-refractivity contribution in [3.63, 3.8) is 0 Å². The first-order valence-corrected chi connectivity index (χ1v) is 6.71. The molecule has 0 spiro atoms. The number of hydrogen-bond acceptors (Lipinski definition) is 5. The zero-order valence-electron chi connectivity index (χ0n) is 9.45. The largest absolute Gasteiger partial charge is 0.573 e. The van der Waals surface area contributed by atoms with E-state index in [0.29, 0.717) is 12.5 Å². The summed E-state index contributed by atoms with van der Waals surface area (Å²) in [5, 5.41) is -0.0596. The van der Waals surface area contributed by atoms with Gasteiger partial charge in [0.1, 0.15) is 0 Å². The lowest BCUT2D eigenvalue weighted by atomic mass is 10.2. The normalized spacial score (nSPS) is 20.3. The van der Waals surface area contributed by atoms with Crippen molar-refractivity contribution in [2.45, 2.75) is 25.4 Å². The molecule has 1 aliphatic rings. The van der Waals surface area contributed by atoms with Crippen LogP contribution in [0.2, 0.25) is 0 Å². The third kappa shape index (κ3) is 3.35. The summed E-state index contributed by atoms with van der Waals surface area (Å²) in [5.74, 6) is 0. The van der Waals surface area contributed by atoms with Crippen LogP contribution in [0.3, 0.4) is 0 Å². The first-order valence-electron chi connectivity index (χ1n) is 4.99. The van der Waals surface area contributed by atoms with Gasteiger partial charge in [0, 0.05) is 27.8 Å². The summed E-state index contributed by atoms with van der Waals surface area (Å²) in [6, 6.07) is 0. The van der Waals surface area contributed by atoms with Crippen LogP contribution >= 0.6 is 0 Å². The van der Waals surface area contributed by atoms with Gasteiger partial charge in [0.25, 0.3) is 0 Å². The van der Waals surface area contributed by atoms with Crippen LogP contribution < -0.4 is 0 Å². The van der Waals surface area contributed by atoms with Crippen molar-refractivity contribution in [2.24, 2.45) is 0 Å². The maximum Gasteiger partial charge on any atom is 0.573 e. The highest BCUT2D eigenvalue weighted by Gasteiger charge is 2.46. The molecule has 6 heteroatoms. The van der Waals surface area contributed by atoms with Crippen LogP contribution in [0.15, 0.2) is 0 Å². The molecule has 0 aliphatic carbocycles. The summed E-state index contributed by atoms with van der Waals surface area (Å²) in [4.78, 5) is 11.8. The van der Waals surface area contributed by atoms with Crippen molar-refractivity contribution in [3.05, 3.63) is 0 Å². The second kappa shape index (κ2) is 5.71. The first-order chi connectivity index (χ1) is 7.18. The Bertz CT molecular complexity index is 204. The highest BCUT2D eigenvalue weighted by Crippen LogP contribution is 2.18. The van der Waals surface area contributed by atoms with Crippen molar-refractivity contribution in [3.8, 4) is 0 Å². The molecule has 5 nitrogen and oxygen atoms in total. The standard InChI is InChI=1S/C9H18O5Si/c1-11-15(12-2,13-3)9(10)6-4-5-8-7-14-8/h8H,4-7H2,1-3H3. The van der Waals surface area contributed by atoms with Gasteiger partial charge in [0.2, 0.25) is 5.41 Å². The van der Waals surface area contributed by atoms with Gasteiger partial charge in [-0.15, -0.1) is 0 Å². The van der Waals surface area contributed by atoms with Crippen LogP contribution in [0.5, 0.6) is 0 Å². The fraction of sp³-hybridized carbons (Fsp3) is 0.889. The Labute approximate surface area is 91.0 Å². The molecule has 0 aromatic heterocycles. The van der Waals surface area contributed by atoms with Gasteiger partial charge in [0.05, 0.1) is 12.7 Å². The molecular formula is C9H18O5Si. The van der Waals surface area contributed by atoms with Crippen molar-refractivity contribution in [1.29, 1.82) is 0 Å². The van der Waals surface area contributed by atoms with Gasteiger partial charge in [-0.25, -0.2) is 0 Å². The van der Waals surface area contributed by atoms with E-state index in [-0.39, 0.29) is 5.41 Å². The van der Waals surface area contributed by atoms with E-state index < -0.39 is 8.80 Å². The lowest BCUT2D eigenvalue weighted by Crippen LogP contribution is -2.51. The number of hydrogen-bond donors (Lipinski definition) is 0. The Balaban J connectivity index is 2.33. The van der Waals surface area contributed by atoms with E-state index in [0.717, 1.165) is 19.4 Å². The average molecular weight is 234 g/mol. The van der Waals surface area contributed by atoms with Crippen molar-refractivity contribution < 1.29 is 22.8 Å². The minimum atomic E-state index is -3.05. The van der Waals surface area contributed by atoms with Gasteiger partial charge in [-0.2, -0.15) is 0 Å². The quantitative estimate of drug-likeness (QED) is 0.453. The third-order valence-electron chi connectivity index (χ3n) is 2.48. The summed E-state index contributed by atoms with van der Waals surface area (Å²) in [6.07, 6.45) is 2.52. The maximum atomic E-state index is 11.8. The van der Waals surface area contributed by atoms with Gasteiger partial charge >= 0.3 is 8.80 Å². The Morgan fingerprint density at radius 3 is 2.27 bits per heavy atom. The summed E-state index contributed by atoms with van der Waals surface area (Å²) in [5.41, 5.74) is 0. The average Bonchev–Trinajstić information content (AvgIpc) is 3.05. The Hall–Kier alpha value is -0.273. The molecular weight excluding hydrogens is 216 g/mol. The minimum Gasteiger partial charge on any atom is -0.373 e. The van der Waals surface area contributed by atoms with Gasteiger partial charge in [0.15, 0.2) is 0 Å². The molecule has 0 N–H and O–H groups in total. The Morgan fingerprint density at radius 2 is 1.87 bits per heavy atom. The van der Waals surface area contributed by atoms with Gasteiger partial charge in [-0.05, 0) is 12.8 Å². The highest BCUT2D eigenvalue weighted by molar-refractivity contribution is 6.92. The van der Waals surface area contributed by atoms with E-state index >= 15 is 0 Å². The van der Waals surface area contributed by atoms with Crippen molar-refractivity contribution >= 4 is 14.2 Å². The SMILES string of the molecule is CO[Si](OC)(OC)C(=O)CCCC1CO1. The van der Waals surface area contributed by atoms with Crippen molar-refractivity contribution in [1.82, 2.24) is 0 Å². The van der Waals surface area contributed by atoms with E-state index in [2.05, 4.69) is 0 Å². The second-order valence-electron chi connectivity index (χ2n) is 3.44. The molecule has 1 rings (SSSR count). The molecule has 1 unspecified atom stereocenters. The van der Waals surface area contributed by atoms with Crippen LogP contribution in [-0.4, -0.2) is 48.3 Å². The highest BCUT2D eigenvalue weighted by atomic mass is 28.4. The molecule has 1 heterocycles. The number of carbonyl (C=O) groups is 1. The van der Waals surface area contributed by atoms with Crippen LogP contribution in [0.4, 0.5) is 0 Å². The predicted octanol–water partition coefficient (Wildman–Crippen LogP) is 0.542. The summed E-state index contributed by atoms with van der Waals surface area (Å²) in [6.45, 7) is 0.829. The van der Waals surface area contributed by atoms with E-state index in [4.69, 9.17) is 18.0 Å². The lowest BCUT2D eigenvalue weighted by molar-refractivity contribution is -0.118. The molecule has 1 atom stereocenters. The molecule has 0 amide bonds. The number of ether oxygens (including phenoxy) is 1. The zero-order chi connectivity index (χ0) is 11.3. The fourth-order valence-corrected chi connectivity index (χ4v) is 3.14. The molecule has 0 bridgehead atoms. The van der Waals surface area contributed by atoms with Gasteiger partial charge in [-0.1, -0.05) is 0 Å². The van der Waals surface area contributed by atoms with Crippen molar-refractivity contribution in [2.75, 3.05) is 27.9 Å². The molecule has 0 aromatic rings. The molecule has 0 saturated carbocycles. The second-order valence-corrected chi connectivity index (χ2v) is 6.33. The van der Waals surface area contributed by atoms with Crippen LogP contribution in [0.25, 0.3) is 0 Å². The van der Waals surface area contributed by atoms with E-state index in [1.54, 1.807) is 0 Å².